The zero-order valence-electron chi connectivity index (χ0n) is 10.3. The Kier molecular flexibility index (Phi) is 3.78. The van der Waals surface area contributed by atoms with E-state index in [0.717, 1.165) is 39.0 Å². The van der Waals surface area contributed by atoms with E-state index in [1.807, 2.05) is 12.3 Å². The second kappa shape index (κ2) is 5.30. The van der Waals surface area contributed by atoms with Gasteiger partial charge < -0.3 is 9.80 Å². The van der Waals surface area contributed by atoms with Crippen molar-refractivity contribution in [3.8, 4) is 0 Å². The van der Waals surface area contributed by atoms with Crippen LogP contribution in [0.2, 0.25) is 0 Å². The van der Waals surface area contributed by atoms with Crippen LogP contribution in [0, 0.1) is 0 Å². The van der Waals surface area contributed by atoms with Gasteiger partial charge in [0.15, 0.2) is 0 Å². The smallest absolute Gasteiger partial charge is 0.104 e. The summed E-state index contributed by atoms with van der Waals surface area (Å²) < 4.78 is 0. The van der Waals surface area contributed by atoms with Crippen LogP contribution in [-0.4, -0.2) is 48.9 Å². The van der Waals surface area contributed by atoms with Gasteiger partial charge >= 0.3 is 0 Å². The van der Waals surface area contributed by atoms with Gasteiger partial charge in [0.1, 0.15) is 5.84 Å². The van der Waals surface area contributed by atoms with Gasteiger partial charge in [0.05, 0.1) is 0 Å². The topological polar surface area (TPSA) is 18.8 Å². The lowest BCUT2D eigenvalue weighted by Crippen LogP contribution is -2.47. The number of piperazine rings is 1. The average molecular weight is 219 g/mol. The Morgan fingerprint density at radius 3 is 2.62 bits per heavy atom. The molecule has 0 amide bonds. The summed E-state index contributed by atoms with van der Waals surface area (Å²) in [6, 6.07) is 0. The van der Waals surface area contributed by atoms with Crippen molar-refractivity contribution in [3.63, 3.8) is 0 Å². The number of rotatable bonds is 0. The van der Waals surface area contributed by atoms with E-state index in [9.17, 15) is 0 Å². The van der Waals surface area contributed by atoms with E-state index in [1.165, 1.54) is 11.4 Å². The Hall–Kier alpha value is -1.09. The molecule has 2 rings (SSSR count). The fourth-order valence-electron chi connectivity index (χ4n) is 2.10. The molecule has 16 heavy (non-hydrogen) atoms. The molecular weight excluding hydrogens is 198 g/mol. The van der Waals surface area contributed by atoms with Gasteiger partial charge in [0.2, 0.25) is 0 Å². The average Bonchev–Trinajstić information content (AvgIpc) is 2.26. The molecule has 0 unspecified atom stereocenters. The fraction of sp³-hybridized carbons (Fsp3) is 0.615. The third kappa shape index (κ3) is 2.95. The molecule has 0 aromatic heterocycles. The van der Waals surface area contributed by atoms with Gasteiger partial charge in [0, 0.05) is 38.8 Å². The van der Waals surface area contributed by atoms with Crippen molar-refractivity contribution in [1.29, 1.82) is 0 Å². The molecule has 0 saturated carbocycles. The largest absolute Gasteiger partial charge is 0.357 e. The highest BCUT2D eigenvalue weighted by Crippen LogP contribution is 2.12. The van der Waals surface area contributed by atoms with Gasteiger partial charge in [-0.15, -0.1) is 0 Å². The van der Waals surface area contributed by atoms with Crippen LogP contribution in [0.4, 0.5) is 0 Å². The van der Waals surface area contributed by atoms with Gasteiger partial charge in [-0.25, -0.2) is 4.99 Å². The van der Waals surface area contributed by atoms with E-state index in [1.54, 1.807) is 0 Å². The molecule has 0 aromatic rings. The third-order valence-corrected chi connectivity index (χ3v) is 3.30. The molecule has 0 N–H and O–H groups in total. The van der Waals surface area contributed by atoms with Crippen LogP contribution in [0.5, 0.6) is 0 Å². The summed E-state index contributed by atoms with van der Waals surface area (Å²) in [5.41, 5.74) is 1.44. The van der Waals surface area contributed by atoms with Gasteiger partial charge in [-0.2, -0.15) is 0 Å². The minimum absolute atomic E-state index is 1.08. The highest BCUT2D eigenvalue weighted by molar-refractivity contribution is 5.83. The summed E-state index contributed by atoms with van der Waals surface area (Å²) in [7, 11) is 2.18. The number of allylic oxidation sites excluding steroid dienone is 3. The minimum atomic E-state index is 1.08. The normalized spacial score (nSPS) is 23.5. The van der Waals surface area contributed by atoms with E-state index >= 15 is 0 Å². The molecular formula is C13H21N3. The zero-order valence-corrected chi connectivity index (χ0v) is 10.3. The highest BCUT2D eigenvalue weighted by Gasteiger charge is 2.17. The molecule has 0 spiro atoms. The molecule has 0 aromatic carbocycles. The summed E-state index contributed by atoms with van der Waals surface area (Å²) >= 11 is 0. The number of amidine groups is 1. The maximum Gasteiger partial charge on any atom is 0.104 e. The quantitative estimate of drug-likeness (QED) is 0.619. The number of hydrogen-bond donors (Lipinski definition) is 0. The molecule has 0 bridgehead atoms. The summed E-state index contributed by atoms with van der Waals surface area (Å²) in [6.07, 6.45) is 8.34. The lowest BCUT2D eigenvalue weighted by atomic mass is 10.1. The first-order valence-corrected chi connectivity index (χ1v) is 6.08. The molecule has 1 saturated heterocycles. The highest BCUT2D eigenvalue weighted by atomic mass is 15.3. The summed E-state index contributed by atoms with van der Waals surface area (Å²) in [4.78, 5) is 9.37. The minimum Gasteiger partial charge on any atom is -0.357 e. The Morgan fingerprint density at radius 2 is 1.88 bits per heavy atom. The first kappa shape index (κ1) is 11.4. The second-order valence-corrected chi connectivity index (χ2v) is 4.69. The van der Waals surface area contributed by atoms with E-state index in [-0.39, 0.29) is 0 Å². The molecule has 0 aliphatic carbocycles. The lowest BCUT2D eigenvalue weighted by molar-refractivity contribution is 0.213. The molecule has 0 radical (unpaired) electrons. The Labute approximate surface area is 98.1 Å². The molecule has 0 atom stereocenters. The van der Waals surface area contributed by atoms with Gasteiger partial charge in [0.25, 0.3) is 0 Å². The van der Waals surface area contributed by atoms with E-state index in [4.69, 9.17) is 0 Å². The maximum absolute atomic E-state index is 4.57. The predicted molar refractivity (Wildman–Crippen MR) is 68.6 cm³/mol. The van der Waals surface area contributed by atoms with Crippen LogP contribution in [0.25, 0.3) is 0 Å². The molecule has 2 aliphatic rings. The Balaban J connectivity index is 1.99. The van der Waals surface area contributed by atoms with Crippen LogP contribution in [-0.2, 0) is 0 Å². The summed E-state index contributed by atoms with van der Waals surface area (Å²) in [5.74, 6) is 1.26. The van der Waals surface area contributed by atoms with Crippen LogP contribution in [0.15, 0.2) is 28.9 Å². The molecule has 3 nitrogen and oxygen atoms in total. The van der Waals surface area contributed by atoms with Gasteiger partial charge in [-0.1, -0.05) is 11.6 Å². The number of likely N-dealkylation sites (N-methyl/N-ethyl adjacent to an activating group) is 1. The van der Waals surface area contributed by atoms with Crippen molar-refractivity contribution in [2.24, 2.45) is 4.99 Å². The molecule has 3 heteroatoms. The van der Waals surface area contributed by atoms with Crippen LogP contribution in [0.3, 0.4) is 0 Å². The fourth-order valence-corrected chi connectivity index (χ4v) is 2.10. The van der Waals surface area contributed by atoms with Crippen molar-refractivity contribution in [2.45, 2.75) is 19.8 Å². The number of aliphatic imine (C=N–C) groups is 1. The third-order valence-electron chi connectivity index (χ3n) is 3.30. The maximum atomic E-state index is 4.57. The van der Waals surface area contributed by atoms with Gasteiger partial charge in [-0.05, 0) is 26.5 Å². The predicted octanol–water partition coefficient (Wildman–Crippen LogP) is 1.89. The standard InChI is InChI=1S/C13H21N3/c1-12-4-3-7-14-13(6-5-12)16-10-8-15(2)9-11-16/h3-4,7H,5-6,8-11H2,1-2H3. The number of nitrogens with zero attached hydrogens (tertiary/aromatic N) is 3. The Bertz CT molecular complexity index is 320. The second-order valence-electron chi connectivity index (χ2n) is 4.69. The van der Waals surface area contributed by atoms with Crippen molar-refractivity contribution >= 4 is 5.84 Å². The monoisotopic (exact) mass is 219 g/mol. The van der Waals surface area contributed by atoms with Gasteiger partial charge in [-0.3, -0.25) is 0 Å². The zero-order chi connectivity index (χ0) is 11.4. The Morgan fingerprint density at radius 1 is 1.12 bits per heavy atom. The van der Waals surface area contributed by atoms with E-state index in [2.05, 4.69) is 34.8 Å². The first-order valence-electron chi connectivity index (χ1n) is 6.08. The lowest BCUT2D eigenvalue weighted by Gasteiger charge is -2.34. The van der Waals surface area contributed by atoms with Crippen molar-refractivity contribution in [1.82, 2.24) is 9.80 Å². The first-order chi connectivity index (χ1) is 7.75. The van der Waals surface area contributed by atoms with Crippen LogP contribution >= 0.6 is 0 Å². The van der Waals surface area contributed by atoms with Crippen LogP contribution in [0.1, 0.15) is 19.8 Å². The van der Waals surface area contributed by atoms with Crippen molar-refractivity contribution in [3.05, 3.63) is 23.9 Å². The number of hydrogen-bond acceptors (Lipinski definition) is 3. The summed E-state index contributed by atoms with van der Waals surface area (Å²) in [5, 5.41) is 0. The summed E-state index contributed by atoms with van der Waals surface area (Å²) in [6.45, 7) is 6.73. The molecule has 2 heterocycles. The molecule has 1 fully saturated rings. The van der Waals surface area contributed by atoms with E-state index < -0.39 is 0 Å². The SMILES string of the molecule is CC1=CC=CN=C(N2CCN(C)CC2)CC1. The molecule has 88 valence electrons. The van der Waals surface area contributed by atoms with Crippen molar-refractivity contribution < 1.29 is 0 Å². The van der Waals surface area contributed by atoms with Crippen molar-refractivity contribution in [2.75, 3.05) is 33.2 Å². The van der Waals surface area contributed by atoms with E-state index in [0.29, 0.717) is 0 Å². The molecule has 2 aliphatic heterocycles. The van der Waals surface area contributed by atoms with Crippen LogP contribution < -0.4 is 0 Å².